The molecule has 0 bridgehead atoms. The highest BCUT2D eigenvalue weighted by atomic mass is 19.1. The smallest absolute Gasteiger partial charge is 0.419 e. The number of hydrogen-bond acceptors (Lipinski definition) is 7. The average Bonchev–Trinajstić information content (AvgIpc) is 3.68. The minimum absolute atomic E-state index is 0.0583. The molecule has 4 rings (SSSR count). The highest BCUT2D eigenvalue weighted by molar-refractivity contribution is 5.93. The van der Waals surface area contributed by atoms with E-state index in [2.05, 4.69) is 5.32 Å². The SMILES string of the molecule is COC(=O)N[C@@H](CC/C=C/C(=O)N1CCCC1)C(=O)Cc1cccn(Cc2cc3cc(F)cc(CC(C)C)c3n2C(=O)OC(C)(C)C)c1=O. The number of Topliss-reactive ketones (excluding diaryl/α,β-unsaturated/α-hetero) is 1. The fraction of sp³-hybridized carbons (Fsp3) is 0.486. The van der Waals surface area contributed by atoms with Gasteiger partial charge in [0.1, 0.15) is 11.4 Å². The molecule has 2 aromatic heterocycles. The number of ether oxygens (including phenoxy) is 2. The van der Waals surface area contributed by atoms with E-state index in [1.165, 1.54) is 34.5 Å². The number of likely N-dealkylation sites (tertiary alicyclic amines) is 1. The van der Waals surface area contributed by atoms with Crippen LogP contribution < -0.4 is 10.9 Å². The van der Waals surface area contributed by atoms with Crippen LogP contribution in [0.15, 0.2) is 53.5 Å². The Hall–Kier alpha value is -4.74. The van der Waals surface area contributed by atoms with Crippen molar-refractivity contribution >= 4 is 34.8 Å². The number of ketones is 1. The van der Waals surface area contributed by atoms with E-state index < -0.39 is 41.0 Å². The first kappa shape index (κ1) is 37.1. The normalized spacial score (nSPS) is 14.1. The summed E-state index contributed by atoms with van der Waals surface area (Å²) in [6, 6.07) is 6.66. The summed E-state index contributed by atoms with van der Waals surface area (Å²) in [5.74, 6) is -0.745. The van der Waals surface area contributed by atoms with Crippen molar-refractivity contribution in [2.45, 2.75) is 91.3 Å². The number of fused-ring (bicyclic) bond motifs is 1. The van der Waals surface area contributed by atoms with Crippen molar-refractivity contribution < 1.29 is 33.0 Å². The van der Waals surface area contributed by atoms with E-state index in [9.17, 15) is 28.4 Å². The monoisotopic (exact) mass is 678 g/mol. The Balaban J connectivity index is 1.60. The lowest BCUT2D eigenvalue weighted by Crippen LogP contribution is -2.42. The number of aromatic nitrogens is 2. The second kappa shape index (κ2) is 16.1. The number of hydrogen-bond donors (Lipinski definition) is 1. The fourth-order valence-corrected chi connectivity index (χ4v) is 6.01. The van der Waals surface area contributed by atoms with E-state index >= 15 is 0 Å². The average molecular weight is 679 g/mol. The molecule has 0 radical (unpaired) electrons. The zero-order valence-corrected chi connectivity index (χ0v) is 29.2. The van der Waals surface area contributed by atoms with Crippen molar-refractivity contribution in [3.8, 4) is 0 Å². The third-order valence-electron chi connectivity index (χ3n) is 8.18. The molecular formula is C37H47FN4O7. The molecule has 0 spiro atoms. The van der Waals surface area contributed by atoms with E-state index in [1.807, 2.05) is 13.8 Å². The third kappa shape index (κ3) is 9.90. The molecule has 3 heterocycles. The highest BCUT2D eigenvalue weighted by Gasteiger charge is 2.26. The second-order valence-corrected chi connectivity index (χ2v) is 13.9. The Morgan fingerprint density at radius 1 is 1.06 bits per heavy atom. The van der Waals surface area contributed by atoms with Gasteiger partial charge in [-0.15, -0.1) is 0 Å². The number of amides is 2. The van der Waals surface area contributed by atoms with Gasteiger partial charge in [0, 0.05) is 36.7 Å². The number of carbonyl (C=O) groups excluding carboxylic acids is 4. The van der Waals surface area contributed by atoms with Crippen LogP contribution in [0.2, 0.25) is 0 Å². The second-order valence-electron chi connectivity index (χ2n) is 13.9. The van der Waals surface area contributed by atoms with Gasteiger partial charge in [-0.05, 0) is 94.7 Å². The molecule has 0 unspecified atom stereocenters. The zero-order valence-electron chi connectivity index (χ0n) is 29.2. The number of nitrogens with one attached hydrogen (secondary N) is 1. The van der Waals surface area contributed by atoms with Crippen molar-refractivity contribution in [3.05, 3.63) is 81.7 Å². The fourth-order valence-electron chi connectivity index (χ4n) is 6.01. The van der Waals surface area contributed by atoms with E-state index in [-0.39, 0.29) is 36.8 Å². The lowest BCUT2D eigenvalue weighted by molar-refractivity contribution is -0.125. The molecule has 1 N–H and O–H groups in total. The predicted molar refractivity (Wildman–Crippen MR) is 184 cm³/mol. The van der Waals surface area contributed by atoms with Crippen molar-refractivity contribution in [1.82, 2.24) is 19.4 Å². The Morgan fingerprint density at radius 3 is 2.43 bits per heavy atom. The molecule has 1 aromatic carbocycles. The van der Waals surface area contributed by atoms with Crippen LogP contribution in [-0.2, 0) is 38.4 Å². The van der Waals surface area contributed by atoms with Crippen LogP contribution >= 0.6 is 0 Å². The molecule has 3 aromatic rings. The van der Waals surface area contributed by atoms with Crippen LogP contribution in [0.1, 0.15) is 77.1 Å². The van der Waals surface area contributed by atoms with Gasteiger partial charge in [0.15, 0.2) is 5.78 Å². The minimum atomic E-state index is -0.962. The first-order chi connectivity index (χ1) is 23.2. The van der Waals surface area contributed by atoms with Crippen LogP contribution in [0, 0.1) is 11.7 Å². The number of methoxy groups -OCH3 is 1. The van der Waals surface area contributed by atoms with Crippen LogP contribution in [0.3, 0.4) is 0 Å². The number of pyridine rings is 1. The Kier molecular flexibility index (Phi) is 12.2. The molecule has 1 fully saturated rings. The van der Waals surface area contributed by atoms with Crippen LogP contribution in [0.4, 0.5) is 14.0 Å². The molecule has 49 heavy (non-hydrogen) atoms. The van der Waals surface area contributed by atoms with Gasteiger partial charge in [0.25, 0.3) is 5.56 Å². The molecule has 1 aliphatic rings. The summed E-state index contributed by atoms with van der Waals surface area (Å²) in [5, 5.41) is 3.05. The Morgan fingerprint density at radius 2 is 1.78 bits per heavy atom. The lowest BCUT2D eigenvalue weighted by Gasteiger charge is -2.22. The summed E-state index contributed by atoms with van der Waals surface area (Å²) in [7, 11) is 1.19. The molecule has 0 aliphatic carbocycles. The standard InChI is InChI=1S/C37H47FN4O7/c1-24(2)18-26-19-28(38)20-27-21-29(42(33(26)27)36(47)49-37(3,4)5)23-41-17-11-12-25(34(41)45)22-31(43)30(39-35(46)48-6)13-7-8-14-32(44)40-15-9-10-16-40/h8,11-12,14,17,19-21,24,30H,7,9-10,13,15-16,18,22-23H2,1-6H3,(H,39,46)/b14-8+/t30-/m0/s1. The van der Waals surface area contributed by atoms with Gasteiger partial charge in [0.2, 0.25) is 5.91 Å². The number of halogens is 1. The summed E-state index contributed by atoms with van der Waals surface area (Å²) < 4.78 is 28.0. The summed E-state index contributed by atoms with van der Waals surface area (Å²) in [6.45, 7) is 10.7. The maximum atomic E-state index is 14.7. The summed E-state index contributed by atoms with van der Waals surface area (Å²) >= 11 is 0. The van der Waals surface area contributed by atoms with E-state index in [0.29, 0.717) is 35.0 Å². The molecular weight excluding hydrogens is 631 g/mol. The zero-order chi connectivity index (χ0) is 35.9. The third-order valence-corrected chi connectivity index (χ3v) is 8.18. The van der Waals surface area contributed by atoms with Gasteiger partial charge in [0.05, 0.1) is 30.9 Å². The minimum Gasteiger partial charge on any atom is -0.453 e. The maximum absolute atomic E-state index is 14.7. The van der Waals surface area contributed by atoms with Crippen molar-refractivity contribution in [2.75, 3.05) is 20.2 Å². The van der Waals surface area contributed by atoms with Gasteiger partial charge in [-0.1, -0.05) is 26.0 Å². The van der Waals surface area contributed by atoms with Crippen LogP contribution in [0.5, 0.6) is 0 Å². The Labute approximate surface area is 286 Å². The molecule has 0 saturated carbocycles. The van der Waals surface area contributed by atoms with Gasteiger partial charge in [-0.2, -0.15) is 0 Å². The molecule has 2 amide bonds. The Bertz CT molecular complexity index is 1780. The van der Waals surface area contributed by atoms with Gasteiger partial charge < -0.3 is 24.3 Å². The molecule has 264 valence electrons. The van der Waals surface area contributed by atoms with E-state index in [1.54, 1.807) is 56.1 Å². The quantitative estimate of drug-likeness (QED) is 0.241. The van der Waals surface area contributed by atoms with Crippen LogP contribution in [0.25, 0.3) is 10.9 Å². The molecule has 1 saturated heterocycles. The first-order valence-electron chi connectivity index (χ1n) is 16.7. The number of nitrogens with zero attached hydrogens (tertiary/aromatic N) is 3. The molecule has 1 atom stereocenters. The van der Waals surface area contributed by atoms with E-state index in [0.717, 1.165) is 25.9 Å². The van der Waals surface area contributed by atoms with Crippen LogP contribution in [-0.4, -0.2) is 69.8 Å². The largest absolute Gasteiger partial charge is 0.453 e. The maximum Gasteiger partial charge on any atom is 0.419 e. The van der Waals surface area contributed by atoms with E-state index in [4.69, 9.17) is 9.47 Å². The number of alkyl carbamates (subject to hydrolysis) is 1. The van der Waals surface area contributed by atoms with Crippen molar-refractivity contribution in [3.63, 3.8) is 0 Å². The predicted octanol–water partition coefficient (Wildman–Crippen LogP) is 5.77. The summed E-state index contributed by atoms with van der Waals surface area (Å²) in [6.07, 6.45) is 6.01. The molecule has 1 aliphatic heterocycles. The topological polar surface area (TPSA) is 129 Å². The summed E-state index contributed by atoms with van der Waals surface area (Å²) in [4.78, 5) is 67.0. The highest BCUT2D eigenvalue weighted by Crippen LogP contribution is 2.29. The number of carbonyl (C=O) groups is 4. The first-order valence-corrected chi connectivity index (χ1v) is 16.7. The number of rotatable bonds is 12. The van der Waals surface area contributed by atoms with Gasteiger partial charge in [-0.25, -0.2) is 18.5 Å². The lowest BCUT2D eigenvalue weighted by atomic mass is 10.0. The van der Waals surface area contributed by atoms with Gasteiger partial charge in [-0.3, -0.25) is 14.4 Å². The molecule has 12 heteroatoms. The number of allylic oxidation sites excluding steroid dienone is 1. The summed E-state index contributed by atoms with van der Waals surface area (Å²) in [5.41, 5.74) is 0.494. The van der Waals surface area contributed by atoms with Gasteiger partial charge >= 0.3 is 12.2 Å². The van der Waals surface area contributed by atoms with Crippen molar-refractivity contribution in [2.24, 2.45) is 5.92 Å². The number of benzene rings is 1. The molecule has 11 nitrogen and oxygen atoms in total. The van der Waals surface area contributed by atoms with Crippen molar-refractivity contribution in [1.29, 1.82) is 0 Å².